The van der Waals surface area contributed by atoms with E-state index in [1.165, 1.54) is 11.5 Å². The van der Waals surface area contributed by atoms with Crippen LogP contribution in [-0.2, 0) is 21.8 Å². The summed E-state index contributed by atoms with van der Waals surface area (Å²) in [5, 5.41) is 4.32. The highest BCUT2D eigenvalue weighted by atomic mass is 32.2. The molecule has 1 fully saturated rings. The van der Waals surface area contributed by atoms with Gasteiger partial charge in [0, 0.05) is 27.5 Å². The van der Waals surface area contributed by atoms with Crippen LogP contribution in [0, 0.1) is 5.92 Å². The van der Waals surface area contributed by atoms with Crippen LogP contribution in [0.1, 0.15) is 42.9 Å². The highest BCUT2D eigenvalue weighted by molar-refractivity contribution is 7.88. The van der Waals surface area contributed by atoms with E-state index in [0.29, 0.717) is 29.7 Å². The largest absolute Gasteiger partial charge is 0.416 e. The number of rotatable bonds is 4. The minimum atomic E-state index is -4.41. The number of nitrogens with one attached hydrogen (secondary N) is 1. The van der Waals surface area contributed by atoms with Crippen LogP contribution in [0.15, 0.2) is 35.2 Å². The molecule has 1 aromatic rings. The molecule has 0 saturated heterocycles. The van der Waals surface area contributed by atoms with Gasteiger partial charge in [-0.25, -0.2) is 0 Å². The zero-order chi connectivity index (χ0) is 17.3. The summed E-state index contributed by atoms with van der Waals surface area (Å²) < 4.78 is 50.3. The Hall–Kier alpha value is -1.63. The lowest BCUT2D eigenvalue weighted by molar-refractivity contribution is -0.137. The van der Waals surface area contributed by atoms with Crippen molar-refractivity contribution in [2.24, 2.45) is 5.92 Å². The first-order valence-corrected chi connectivity index (χ1v) is 9.28. The van der Waals surface area contributed by atoms with E-state index in [2.05, 4.69) is 5.32 Å². The number of halogens is 3. The first-order chi connectivity index (χ1) is 11.3. The van der Waals surface area contributed by atoms with Crippen molar-refractivity contribution < 1.29 is 22.2 Å². The third-order valence-electron chi connectivity index (χ3n) is 4.31. The molecule has 0 bridgehead atoms. The molecule has 1 amide bonds. The molecule has 1 unspecified atom stereocenters. The molecular weight excluding hydrogens is 339 g/mol. The molecule has 130 valence electrons. The summed E-state index contributed by atoms with van der Waals surface area (Å²) in [7, 11) is -1.13. The Morgan fingerprint density at radius 2 is 2.04 bits per heavy atom. The molecule has 2 aliphatic rings. The van der Waals surface area contributed by atoms with Gasteiger partial charge in [0.25, 0.3) is 0 Å². The third-order valence-corrected chi connectivity index (χ3v) is 5.55. The SMILES string of the molecule is O=C(N[C@@H](c1cccc(C(F)(F)F)c1)C1CC1)C1=CS(=O)CCC1. The van der Waals surface area contributed by atoms with Gasteiger partial charge in [0.05, 0.1) is 11.6 Å². The molecule has 1 aliphatic carbocycles. The van der Waals surface area contributed by atoms with Crippen LogP contribution in [0.3, 0.4) is 0 Å². The molecule has 3 nitrogen and oxygen atoms in total. The molecule has 1 heterocycles. The van der Waals surface area contributed by atoms with E-state index in [-0.39, 0.29) is 11.8 Å². The van der Waals surface area contributed by atoms with Crippen molar-refractivity contribution in [3.8, 4) is 0 Å². The monoisotopic (exact) mass is 357 g/mol. The molecular formula is C17H18F3NO2S. The van der Waals surface area contributed by atoms with Gasteiger partial charge in [-0.05, 0) is 49.3 Å². The van der Waals surface area contributed by atoms with E-state index in [9.17, 15) is 22.2 Å². The van der Waals surface area contributed by atoms with E-state index < -0.39 is 28.6 Å². The topological polar surface area (TPSA) is 46.2 Å². The van der Waals surface area contributed by atoms with Crippen molar-refractivity contribution in [1.82, 2.24) is 5.32 Å². The van der Waals surface area contributed by atoms with Gasteiger partial charge in [-0.2, -0.15) is 13.2 Å². The Balaban J connectivity index is 1.81. The van der Waals surface area contributed by atoms with Crippen LogP contribution in [0.25, 0.3) is 0 Å². The summed E-state index contributed by atoms with van der Waals surface area (Å²) in [5.74, 6) is 0.390. The van der Waals surface area contributed by atoms with Crippen LogP contribution in [-0.4, -0.2) is 15.9 Å². The lowest BCUT2D eigenvalue weighted by atomic mass is 9.99. The maximum absolute atomic E-state index is 12.9. The number of alkyl halides is 3. The summed E-state index contributed by atoms with van der Waals surface area (Å²) in [6.45, 7) is 0. The molecule has 2 atom stereocenters. The molecule has 0 radical (unpaired) electrons. The van der Waals surface area contributed by atoms with Gasteiger partial charge in [-0.15, -0.1) is 0 Å². The van der Waals surface area contributed by atoms with Gasteiger partial charge in [0.2, 0.25) is 5.91 Å². The van der Waals surface area contributed by atoms with Crippen LogP contribution < -0.4 is 5.32 Å². The minimum absolute atomic E-state index is 0.159. The minimum Gasteiger partial charge on any atom is -0.345 e. The number of hydrogen-bond donors (Lipinski definition) is 1. The van der Waals surface area contributed by atoms with E-state index in [4.69, 9.17) is 0 Å². The van der Waals surface area contributed by atoms with Crippen LogP contribution in [0.2, 0.25) is 0 Å². The van der Waals surface area contributed by atoms with Crippen molar-refractivity contribution in [2.45, 2.75) is 37.9 Å². The number of benzene rings is 1. The molecule has 24 heavy (non-hydrogen) atoms. The first kappa shape index (κ1) is 17.2. The summed E-state index contributed by atoms with van der Waals surface area (Å²) in [6, 6.07) is 4.69. The highest BCUT2D eigenvalue weighted by Gasteiger charge is 2.36. The van der Waals surface area contributed by atoms with Crippen molar-refractivity contribution in [2.75, 3.05) is 5.75 Å². The predicted octanol–water partition coefficient (Wildman–Crippen LogP) is 3.70. The van der Waals surface area contributed by atoms with Crippen molar-refractivity contribution >= 4 is 16.7 Å². The molecule has 3 rings (SSSR count). The quantitative estimate of drug-likeness (QED) is 0.893. The van der Waals surface area contributed by atoms with Crippen LogP contribution in [0.4, 0.5) is 13.2 Å². The van der Waals surface area contributed by atoms with Crippen molar-refractivity contribution in [3.05, 3.63) is 46.4 Å². The first-order valence-electron chi connectivity index (χ1n) is 7.90. The Kier molecular flexibility index (Phi) is 4.80. The van der Waals surface area contributed by atoms with Crippen molar-refractivity contribution in [3.63, 3.8) is 0 Å². The predicted molar refractivity (Wildman–Crippen MR) is 85.4 cm³/mol. The molecule has 1 aliphatic heterocycles. The summed E-state index contributed by atoms with van der Waals surface area (Å²) >= 11 is 0. The third kappa shape index (κ3) is 4.06. The summed E-state index contributed by atoms with van der Waals surface area (Å²) in [4.78, 5) is 12.4. The van der Waals surface area contributed by atoms with E-state index in [1.807, 2.05) is 0 Å². The van der Waals surface area contributed by atoms with Gasteiger partial charge in [0.1, 0.15) is 0 Å². The second-order valence-corrected chi connectivity index (χ2v) is 7.65. The highest BCUT2D eigenvalue weighted by Crippen LogP contribution is 2.42. The van der Waals surface area contributed by atoms with Gasteiger partial charge in [-0.1, -0.05) is 12.1 Å². The zero-order valence-corrected chi connectivity index (χ0v) is 13.8. The molecule has 0 aromatic heterocycles. The van der Waals surface area contributed by atoms with Gasteiger partial charge in [-0.3, -0.25) is 9.00 Å². The van der Waals surface area contributed by atoms with Gasteiger partial charge < -0.3 is 5.32 Å². The standard InChI is InChI=1S/C17H18F3NO2S/c18-17(19,20)14-5-1-3-12(9-14)15(11-6-7-11)21-16(22)13-4-2-8-24(23)10-13/h1,3,5,9-11,15H,2,4,6-8H2,(H,21,22)/t15-,24?/m1/s1. The normalized spacial score (nSPS) is 22.6. The van der Waals surface area contributed by atoms with Crippen molar-refractivity contribution in [1.29, 1.82) is 0 Å². The second-order valence-electron chi connectivity index (χ2n) is 6.24. The number of hydrogen-bond acceptors (Lipinski definition) is 2. The molecule has 1 saturated carbocycles. The van der Waals surface area contributed by atoms with Crippen LogP contribution in [0.5, 0.6) is 0 Å². The molecule has 1 N–H and O–H groups in total. The Morgan fingerprint density at radius 1 is 1.29 bits per heavy atom. The van der Waals surface area contributed by atoms with Gasteiger partial charge in [0.15, 0.2) is 0 Å². The lowest BCUT2D eigenvalue weighted by Crippen LogP contribution is -2.32. The summed E-state index contributed by atoms with van der Waals surface area (Å²) in [5.41, 5.74) is 0.230. The number of carbonyl (C=O) groups excluding carboxylic acids is 1. The Morgan fingerprint density at radius 3 is 2.67 bits per heavy atom. The fraction of sp³-hybridized carbons (Fsp3) is 0.471. The fourth-order valence-electron chi connectivity index (χ4n) is 2.89. The summed E-state index contributed by atoms with van der Waals surface area (Å²) in [6.07, 6.45) is -1.41. The van der Waals surface area contributed by atoms with E-state index >= 15 is 0 Å². The smallest absolute Gasteiger partial charge is 0.345 e. The zero-order valence-electron chi connectivity index (χ0n) is 12.9. The maximum Gasteiger partial charge on any atom is 0.416 e. The molecule has 0 spiro atoms. The fourth-order valence-corrected chi connectivity index (χ4v) is 3.98. The molecule has 1 aromatic carbocycles. The number of amides is 1. The van der Waals surface area contributed by atoms with Gasteiger partial charge >= 0.3 is 6.18 Å². The maximum atomic E-state index is 12.9. The van der Waals surface area contributed by atoms with Crippen LogP contribution >= 0.6 is 0 Å². The average Bonchev–Trinajstić information content (AvgIpc) is 3.36. The average molecular weight is 357 g/mol. The second kappa shape index (κ2) is 6.70. The lowest BCUT2D eigenvalue weighted by Gasteiger charge is -2.22. The Labute approximate surface area is 140 Å². The molecule has 7 heteroatoms. The van der Waals surface area contributed by atoms with E-state index in [1.54, 1.807) is 6.07 Å². The number of carbonyl (C=O) groups is 1. The van der Waals surface area contributed by atoms with E-state index in [0.717, 1.165) is 25.0 Å². The Bertz CT molecular complexity index is 695.